The lowest BCUT2D eigenvalue weighted by Gasteiger charge is -2.09. The van der Waals surface area contributed by atoms with Gasteiger partial charge in [0.2, 0.25) is 0 Å². The van der Waals surface area contributed by atoms with Crippen molar-refractivity contribution in [2.24, 2.45) is 0 Å². The average molecular weight is 302 g/mol. The monoisotopic (exact) mass is 301 g/mol. The number of aromatic nitrogens is 3. The molecule has 0 radical (unpaired) electrons. The molecule has 0 atom stereocenters. The largest absolute Gasteiger partial charge is 0.494 e. The third-order valence-corrected chi connectivity index (χ3v) is 2.98. The predicted octanol–water partition coefficient (Wildman–Crippen LogP) is 1.54. The zero-order valence-corrected chi connectivity index (χ0v) is 11.5. The van der Waals surface area contributed by atoms with Crippen LogP contribution in [-0.2, 0) is 0 Å². The van der Waals surface area contributed by atoms with Crippen molar-refractivity contribution in [1.29, 1.82) is 0 Å². The van der Waals surface area contributed by atoms with Gasteiger partial charge in [-0.3, -0.25) is 9.78 Å². The van der Waals surface area contributed by atoms with Crippen LogP contribution in [-0.4, -0.2) is 21.9 Å². The highest BCUT2D eigenvalue weighted by atomic mass is 35.5. The number of benzene rings is 1. The molecule has 2 aromatic rings. The van der Waals surface area contributed by atoms with Gasteiger partial charge < -0.3 is 4.74 Å². The van der Waals surface area contributed by atoms with Crippen molar-refractivity contribution in [2.75, 3.05) is 7.11 Å². The Balaban J connectivity index is 2.70. The first kappa shape index (κ1) is 13.6. The third kappa shape index (κ3) is 2.50. The van der Waals surface area contributed by atoms with Crippen molar-refractivity contribution in [1.82, 2.24) is 14.8 Å². The Morgan fingerprint density at radius 2 is 1.84 bits per heavy atom. The lowest BCUT2D eigenvalue weighted by atomic mass is 10.3. The molecule has 19 heavy (non-hydrogen) atoms. The molecule has 0 fully saturated rings. The molecule has 1 aromatic heterocycles. The molecule has 0 bridgehead atoms. The van der Waals surface area contributed by atoms with Gasteiger partial charge in [0.25, 0.3) is 5.56 Å². The first-order valence-corrected chi connectivity index (χ1v) is 5.93. The van der Waals surface area contributed by atoms with E-state index in [1.54, 1.807) is 0 Å². The predicted molar refractivity (Wildman–Crippen MR) is 71.8 cm³/mol. The zero-order chi connectivity index (χ0) is 14.2. The Kier molecular flexibility index (Phi) is 3.64. The zero-order valence-electron chi connectivity index (χ0n) is 10.0. The van der Waals surface area contributed by atoms with Gasteiger partial charge in [0.05, 0.1) is 22.8 Å². The van der Waals surface area contributed by atoms with Gasteiger partial charge >= 0.3 is 5.69 Å². The lowest BCUT2D eigenvalue weighted by Crippen LogP contribution is -2.32. The summed E-state index contributed by atoms with van der Waals surface area (Å²) < 4.78 is 6.02. The minimum atomic E-state index is -0.673. The van der Waals surface area contributed by atoms with Crippen molar-refractivity contribution in [3.63, 3.8) is 0 Å². The minimum Gasteiger partial charge on any atom is -0.494 e. The number of hydrogen-bond acceptors (Lipinski definition) is 4. The van der Waals surface area contributed by atoms with E-state index in [0.717, 1.165) is 4.68 Å². The van der Waals surface area contributed by atoms with Crippen molar-refractivity contribution in [3.05, 3.63) is 48.7 Å². The van der Waals surface area contributed by atoms with E-state index >= 15 is 0 Å². The molecule has 0 aliphatic rings. The standard InChI is InChI=1S/C11H9Cl2N3O3/c1-5-10(17)14-11(18)16(15-5)6-3-7(12)9(19-2)8(13)4-6/h3-4H,1-2H3,(H,14,17,18). The van der Waals surface area contributed by atoms with Crippen molar-refractivity contribution in [3.8, 4) is 11.4 Å². The second kappa shape index (κ2) is 5.07. The van der Waals surface area contributed by atoms with Gasteiger partial charge in [-0.15, -0.1) is 0 Å². The number of aryl methyl sites for hydroxylation is 1. The van der Waals surface area contributed by atoms with Crippen LogP contribution in [0.4, 0.5) is 0 Å². The van der Waals surface area contributed by atoms with Crippen LogP contribution in [0.5, 0.6) is 5.75 Å². The van der Waals surface area contributed by atoms with Gasteiger partial charge in [0.1, 0.15) is 5.69 Å². The van der Waals surface area contributed by atoms with E-state index in [2.05, 4.69) is 10.1 Å². The molecule has 8 heteroatoms. The highest BCUT2D eigenvalue weighted by molar-refractivity contribution is 6.37. The first-order chi connectivity index (χ1) is 8.93. The number of hydrogen-bond donors (Lipinski definition) is 1. The molecule has 0 amide bonds. The highest BCUT2D eigenvalue weighted by Gasteiger charge is 2.12. The van der Waals surface area contributed by atoms with Crippen LogP contribution in [0, 0.1) is 6.92 Å². The van der Waals surface area contributed by atoms with Gasteiger partial charge in [-0.05, 0) is 19.1 Å². The number of rotatable bonds is 2. The number of nitrogens with zero attached hydrogens (tertiary/aromatic N) is 2. The van der Waals surface area contributed by atoms with Crippen molar-refractivity contribution < 1.29 is 4.74 Å². The first-order valence-electron chi connectivity index (χ1n) is 5.17. The molecule has 0 aliphatic carbocycles. The fraction of sp³-hybridized carbons (Fsp3) is 0.182. The van der Waals surface area contributed by atoms with Crippen molar-refractivity contribution >= 4 is 23.2 Å². The maximum atomic E-state index is 11.7. The van der Waals surface area contributed by atoms with Crippen LogP contribution < -0.4 is 16.0 Å². The highest BCUT2D eigenvalue weighted by Crippen LogP contribution is 2.34. The summed E-state index contributed by atoms with van der Waals surface area (Å²) in [5.74, 6) is 0.307. The molecular formula is C11H9Cl2N3O3. The van der Waals surface area contributed by atoms with Gasteiger partial charge in [-0.25, -0.2) is 4.79 Å². The Hall–Kier alpha value is -1.79. The Morgan fingerprint density at radius 3 is 2.37 bits per heavy atom. The Bertz CT molecular complexity index is 729. The molecule has 0 aliphatic heterocycles. The molecule has 0 saturated carbocycles. The summed E-state index contributed by atoms with van der Waals surface area (Å²) in [6, 6.07) is 2.94. The maximum Gasteiger partial charge on any atom is 0.349 e. The topological polar surface area (TPSA) is 77.0 Å². The number of methoxy groups -OCH3 is 1. The van der Waals surface area contributed by atoms with E-state index in [0.29, 0.717) is 11.4 Å². The normalized spacial score (nSPS) is 10.5. The van der Waals surface area contributed by atoms with Gasteiger partial charge in [0, 0.05) is 0 Å². The van der Waals surface area contributed by atoms with Crippen molar-refractivity contribution in [2.45, 2.75) is 6.92 Å². The number of nitrogens with one attached hydrogen (secondary N) is 1. The summed E-state index contributed by atoms with van der Waals surface area (Å²) in [5.41, 5.74) is -0.720. The molecule has 1 aromatic carbocycles. The van der Waals surface area contributed by atoms with Crippen LogP contribution in [0.25, 0.3) is 5.69 Å². The number of halogens is 2. The van der Waals surface area contributed by atoms with Gasteiger partial charge in [-0.1, -0.05) is 23.2 Å². The Morgan fingerprint density at radius 1 is 1.26 bits per heavy atom. The van der Waals surface area contributed by atoms with Crippen LogP contribution in [0.15, 0.2) is 21.7 Å². The van der Waals surface area contributed by atoms with E-state index in [-0.39, 0.29) is 15.7 Å². The van der Waals surface area contributed by atoms with Crippen LogP contribution in [0.2, 0.25) is 10.0 Å². The van der Waals surface area contributed by atoms with E-state index < -0.39 is 11.2 Å². The van der Waals surface area contributed by atoms with Gasteiger partial charge in [0.15, 0.2) is 5.75 Å². The molecule has 6 nitrogen and oxygen atoms in total. The summed E-state index contributed by atoms with van der Waals surface area (Å²) in [7, 11) is 1.43. The van der Waals surface area contributed by atoms with Crippen LogP contribution in [0.3, 0.4) is 0 Å². The lowest BCUT2D eigenvalue weighted by molar-refractivity contribution is 0.415. The smallest absolute Gasteiger partial charge is 0.349 e. The maximum absolute atomic E-state index is 11.7. The molecular weight excluding hydrogens is 293 g/mol. The molecule has 100 valence electrons. The molecule has 1 N–H and O–H groups in total. The molecule has 1 heterocycles. The summed E-state index contributed by atoms with van der Waals surface area (Å²) in [5, 5.41) is 4.36. The number of aromatic amines is 1. The second-order valence-electron chi connectivity index (χ2n) is 3.70. The van der Waals surface area contributed by atoms with Crippen LogP contribution >= 0.6 is 23.2 Å². The van der Waals surface area contributed by atoms with E-state index in [4.69, 9.17) is 27.9 Å². The summed E-state index contributed by atoms with van der Waals surface area (Å²) in [6.45, 7) is 1.49. The average Bonchev–Trinajstić information content (AvgIpc) is 2.33. The SMILES string of the molecule is COc1c(Cl)cc(-n2nc(C)c(=O)[nH]c2=O)cc1Cl. The summed E-state index contributed by atoms with van der Waals surface area (Å²) in [4.78, 5) is 25.1. The molecule has 2 rings (SSSR count). The number of ether oxygens (including phenoxy) is 1. The summed E-state index contributed by atoms with van der Waals surface area (Å²) in [6.07, 6.45) is 0. The summed E-state index contributed by atoms with van der Waals surface area (Å²) >= 11 is 12.0. The fourth-order valence-corrected chi connectivity index (χ4v) is 2.15. The molecule has 0 unspecified atom stereocenters. The van der Waals surface area contributed by atoms with Crippen LogP contribution in [0.1, 0.15) is 5.69 Å². The second-order valence-corrected chi connectivity index (χ2v) is 4.51. The van der Waals surface area contributed by atoms with E-state index in [1.807, 2.05) is 0 Å². The fourth-order valence-electron chi connectivity index (χ4n) is 1.52. The van der Waals surface area contributed by atoms with E-state index in [1.165, 1.54) is 26.2 Å². The van der Waals surface area contributed by atoms with E-state index in [9.17, 15) is 9.59 Å². The number of H-pyrrole nitrogens is 1. The van der Waals surface area contributed by atoms with Gasteiger partial charge in [-0.2, -0.15) is 9.78 Å². The third-order valence-electron chi connectivity index (χ3n) is 2.42. The quantitative estimate of drug-likeness (QED) is 0.913. The molecule has 0 spiro atoms. The Labute approximate surface area is 117 Å². The minimum absolute atomic E-state index is 0.155. The molecule has 0 saturated heterocycles.